The number of carbonyl (C=O) groups is 1. The molecular weight excluding hydrogens is 342 g/mol. The van der Waals surface area contributed by atoms with E-state index in [1.807, 2.05) is 0 Å². The van der Waals surface area contributed by atoms with E-state index in [0.717, 1.165) is 43.6 Å². The molecule has 0 bridgehead atoms. The Balaban J connectivity index is 1.72. The van der Waals surface area contributed by atoms with E-state index in [0.29, 0.717) is 17.1 Å². The molecule has 2 N–H and O–H groups in total. The maximum Gasteiger partial charge on any atom is 0.252 e. The van der Waals surface area contributed by atoms with Crippen molar-refractivity contribution in [1.82, 2.24) is 15.5 Å². The van der Waals surface area contributed by atoms with Crippen molar-refractivity contribution in [2.24, 2.45) is 0 Å². The van der Waals surface area contributed by atoms with Crippen LogP contribution >= 0.6 is 27.5 Å². The Morgan fingerprint density at radius 3 is 2.85 bits per heavy atom. The van der Waals surface area contributed by atoms with E-state index >= 15 is 0 Å². The molecule has 4 nitrogen and oxygen atoms in total. The molecule has 1 fully saturated rings. The Kier molecular flexibility index (Phi) is 6.29. The number of amides is 1. The Bertz CT molecular complexity index is 464. The second-order valence-electron chi connectivity index (χ2n) is 4.83. The number of rotatable bonds is 5. The molecule has 1 saturated heterocycles. The fraction of sp³-hybridized carbons (Fsp3) is 0.500. The van der Waals surface area contributed by atoms with Crippen LogP contribution in [0.1, 0.15) is 16.8 Å². The third-order valence-electron chi connectivity index (χ3n) is 3.32. The van der Waals surface area contributed by atoms with Gasteiger partial charge in [0.1, 0.15) is 0 Å². The fourth-order valence-corrected chi connectivity index (χ4v) is 3.07. The number of benzene rings is 1. The summed E-state index contributed by atoms with van der Waals surface area (Å²) in [5.74, 6) is -0.0612. The summed E-state index contributed by atoms with van der Waals surface area (Å²) in [6.07, 6.45) is 0.969. The lowest BCUT2D eigenvalue weighted by molar-refractivity contribution is 0.0950. The minimum atomic E-state index is -0.0612. The topological polar surface area (TPSA) is 44.4 Å². The molecule has 0 radical (unpaired) electrons. The van der Waals surface area contributed by atoms with Gasteiger partial charge in [-0.15, -0.1) is 0 Å². The van der Waals surface area contributed by atoms with Crippen LogP contribution in [-0.2, 0) is 0 Å². The molecule has 2 rings (SSSR count). The van der Waals surface area contributed by atoms with Crippen molar-refractivity contribution in [3.63, 3.8) is 0 Å². The molecule has 0 saturated carbocycles. The molecule has 110 valence electrons. The van der Waals surface area contributed by atoms with Crippen molar-refractivity contribution in [2.45, 2.75) is 6.42 Å². The Hall–Kier alpha value is -0.620. The average Bonchev–Trinajstić information content (AvgIpc) is 2.44. The number of carbonyl (C=O) groups excluding carboxylic acids is 1. The first-order chi connectivity index (χ1) is 9.66. The maximum atomic E-state index is 12.0. The van der Waals surface area contributed by atoms with Crippen LogP contribution in [-0.4, -0.2) is 50.1 Å². The monoisotopic (exact) mass is 359 g/mol. The van der Waals surface area contributed by atoms with Gasteiger partial charge in [0, 0.05) is 42.2 Å². The molecule has 6 heteroatoms. The van der Waals surface area contributed by atoms with E-state index in [-0.39, 0.29) is 5.91 Å². The van der Waals surface area contributed by atoms with Crippen LogP contribution in [0, 0.1) is 0 Å². The lowest BCUT2D eigenvalue weighted by Gasteiger charge is -2.27. The van der Waals surface area contributed by atoms with Gasteiger partial charge in [0.05, 0.1) is 5.56 Å². The van der Waals surface area contributed by atoms with E-state index < -0.39 is 0 Å². The van der Waals surface area contributed by atoms with Crippen molar-refractivity contribution in [3.8, 4) is 0 Å². The highest BCUT2D eigenvalue weighted by Crippen LogP contribution is 2.21. The summed E-state index contributed by atoms with van der Waals surface area (Å²) in [4.78, 5) is 14.4. The molecule has 0 atom stereocenters. The largest absolute Gasteiger partial charge is 0.352 e. The highest BCUT2D eigenvalue weighted by atomic mass is 79.9. The normalized spacial score (nSPS) is 16.1. The minimum Gasteiger partial charge on any atom is -0.352 e. The van der Waals surface area contributed by atoms with Gasteiger partial charge >= 0.3 is 0 Å². The standard InChI is InChI=1S/C14H19BrClN3O/c15-13-10-11(16)2-3-12(13)14(20)18-4-1-7-19-8-5-17-6-9-19/h2-3,10,17H,1,4-9H2,(H,18,20). The number of nitrogens with one attached hydrogen (secondary N) is 2. The zero-order valence-corrected chi connectivity index (χ0v) is 13.6. The van der Waals surface area contributed by atoms with Crippen molar-refractivity contribution < 1.29 is 4.79 Å². The van der Waals surface area contributed by atoms with Crippen molar-refractivity contribution >= 4 is 33.4 Å². The number of hydrogen-bond acceptors (Lipinski definition) is 3. The molecule has 1 heterocycles. The number of halogens is 2. The van der Waals surface area contributed by atoms with Gasteiger partial charge in [-0.3, -0.25) is 4.79 Å². The molecule has 1 aromatic rings. The zero-order valence-electron chi connectivity index (χ0n) is 11.3. The van der Waals surface area contributed by atoms with Gasteiger partial charge in [-0.2, -0.15) is 0 Å². The highest BCUT2D eigenvalue weighted by Gasteiger charge is 2.11. The number of piperazine rings is 1. The van der Waals surface area contributed by atoms with Gasteiger partial charge in [-0.1, -0.05) is 11.6 Å². The summed E-state index contributed by atoms with van der Waals surface area (Å²) in [5, 5.41) is 6.89. The van der Waals surface area contributed by atoms with Crippen molar-refractivity contribution in [1.29, 1.82) is 0 Å². The van der Waals surface area contributed by atoms with Crippen LogP contribution in [0.15, 0.2) is 22.7 Å². The van der Waals surface area contributed by atoms with E-state index in [1.165, 1.54) is 0 Å². The van der Waals surface area contributed by atoms with Crippen molar-refractivity contribution in [3.05, 3.63) is 33.3 Å². The first-order valence-electron chi connectivity index (χ1n) is 6.83. The third-order valence-corrected chi connectivity index (χ3v) is 4.21. The quantitative estimate of drug-likeness (QED) is 0.791. The van der Waals surface area contributed by atoms with E-state index in [4.69, 9.17) is 11.6 Å². The van der Waals surface area contributed by atoms with Crippen LogP contribution in [0.25, 0.3) is 0 Å². The predicted molar refractivity (Wildman–Crippen MR) is 85.4 cm³/mol. The Morgan fingerprint density at radius 2 is 2.15 bits per heavy atom. The van der Waals surface area contributed by atoms with Crippen LogP contribution in [0.4, 0.5) is 0 Å². The van der Waals surface area contributed by atoms with Crippen LogP contribution in [0.3, 0.4) is 0 Å². The summed E-state index contributed by atoms with van der Waals surface area (Å²) < 4.78 is 0.726. The van der Waals surface area contributed by atoms with Gasteiger partial charge in [0.2, 0.25) is 0 Å². The van der Waals surface area contributed by atoms with Gasteiger partial charge in [0.15, 0.2) is 0 Å². The molecule has 1 aliphatic rings. The first-order valence-corrected chi connectivity index (χ1v) is 8.00. The third kappa shape index (κ3) is 4.74. The van der Waals surface area contributed by atoms with Gasteiger partial charge < -0.3 is 15.5 Å². The maximum absolute atomic E-state index is 12.0. The number of hydrogen-bond donors (Lipinski definition) is 2. The van der Waals surface area contributed by atoms with Crippen LogP contribution in [0.2, 0.25) is 5.02 Å². The molecule has 1 aromatic carbocycles. The average molecular weight is 361 g/mol. The summed E-state index contributed by atoms with van der Waals surface area (Å²) in [7, 11) is 0. The lowest BCUT2D eigenvalue weighted by atomic mass is 10.2. The molecule has 0 aliphatic carbocycles. The summed E-state index contributed by atoms with van der Waals surface area (Å²) in [5.41, 5.74) is 0.622. The van der Waals surface area contributed by atoms with Gasteiger partial charge in [-0.25, -0.2) is 0 Å². The summed E-state index contributed by atoms with van der Waals surface area (Å²) in [6.45, 7) is 6.03. The SMILES string of the molecule is O=C(NCCCN1CCNCC1)c1ccc(Cl)cc1Br. The van der Waals surface area contributed by atoms with E-state index in [1.54, 1.807) is 18.2 Å². The first kappa shape index (κ1) is 15.8. The molecule has 0 unspecified atom stereocenters. The number of nitrogens with zero attached hydrogens (tertiary/aromatic N) is 1. The second-order valence-corrected chi connectivity index (χ2v) is 6.12. The van der Waals surface area contributed by atoms with Crippen molar-refractivity contribution in [2.75, 3.05) is 39.3 Å². The Morgan fingerprint density at radius 1 is 1.40 bits per heavy atom. The smallest absolute Gasteiger partial charge is 0.252 e. The molecule has 1 aliphatic heterocycles. The van der Waals surface area contributed by atoms with Gasteiger partial charge in [0.25, 0.3) is 5.91 Å². The lowest BCUT2D eigenvalue weighted by Crippen LogP contribution is -2.44. The summed E-state index contributed by atoms with van der Waals surface area (Å²) in [6, 6.07) is 5.19. The molecule has 20 heavy (non-hydrogen) atoms. The summed E-state index contributed by atoms with van der Waals surface area (Å²) >= 11 is 9.22. The van der Waals surface area contributed by atoms with Crippen LogP contribution < -0.4 is 10.6 Å². The van der Waals surface area contributed by atoms with E-state index in [9.17, 15) is 4.79 Å². The minimum absolute atomic E-state index is 0.0612. The second kappa shape index (κ2) is 7.98. The molecular formula is C14H19BrClN3O. The van der Waals surface area contributed by atoms with Crippen LogP contribution in [0.5, 0.6) is 0 Å². The molecule has 0 spiro atoms. The fourth-order valence-electron chi connectivity index (χ4n) is 2.21. The molecule has 1 amide bonds. The van der Waals surface area contributed by atoms with Gasteiger partial charge in [-0.05, 0) is 47.1 Å². The highest BCUT2D eigenvalue weighted by molar-refractivity contribution is 9.10. The Labute approximate surface area is 133 Å². The predicted octanol–water partition coefficient (Wildman–Crippen LogP) is 2.13. The van der Waals surface area contributed by atoms with E-state index in [2.05, 4.69) is 31.5 Å². The zero-order chi connectivity index (χ0) is 14.4. The molecule has 0 aromatic heterocycles.